The molecule has 1 aliphatic rings. The van der Waals surface area contributed by atoms with Crippen molar-refractivity contribution in [1.82, 2.24) is 10.5 Å². The molecule has 2 heterocycles. The van der Waals surface area contributed by atoms with E-state index in [0.717, 1.165) is 13.0 Å². The molecule has 1 fully saturated rings. The third-order valence-electron chi connectivity index (χ3n) is 3.69. The van der Waals surface area contributed by atoms with Crippen molar-refractivity contribution in [3.8, 4) is 0 Å². The molecular formula is C14H14ClFN2O2. The third kappa shape index (κ3) is 2.64. The minimum Gasteiger partial charge on any atom is -0.383 e. The molecule has 0 radical (unpaired) electrons. The summed E-state index contributed by atoms with van der Waals surface area (Å²) in [4.78, 5) is 11.1. The summed E-state index contributed by atoms with van der Waals surface area (Å²) in [6, 6.07) is 6.06. The van der Waals surface area contributed by atoms with Crippen molar-refractivity contribution in [1.29, 1.82) is 0 Å². The number of hydrogen-bond acceptors (Lipinski definition) is 3. The van der Waals surface area contributed by atoms with E-state index in [1.165, 1.54) is 12.1 Å². The van der Waals surface area contributed by atoms with Gasteiger partial charge in [-0.25, -0.2) is 4.39 Å². The smallest absolute Gasteiger partial charge is 0.280 e. The first-order valence-electron chi connectivity index (χ1n) is 6.50. The van der Waals surface area contributed by atoms with Gasteiger partial charge in [0.15, 0.2) is 0 Å². The van der Waals surface area contributed by atoms with E-state index in [4.69, 9.17) is 16.1 Å². The van der Waals surface area contributed by atoms with E-state index in [1.807, 2.05) is 0 Å². The summed E-state index contributed by atoms with van der Waals surface area (Å²) in [5, 5.41) is 5.97. The predicted molar refractivity (Wildman–Crippen MR) is 73.5 cm³/mol. The first-order valence-corrected chi connectivity index (χ1v) is 6.88. The van der Waals surface area contributed by atoms with Crippen LogP contribution in [0.5, 0.6) is 0 Å². The largest absolute Gasteiger partial charge is 0.383 e. The van der Waals surface area contributed by atoms with Crippen molar-refractivity contribution < 1.29 is 8.91 Å². The number of aromatic amines is 1. The monoisotopic (exact) mass is 296 g/mol. The summed E-state index contributed by atoms with van der Waals surface area (Å²) in [7, 11) is 0. The number of nitrogens with one attached hydrogen (secondary N) is 2. The molecule has 3 rings (SSSR count). The Morgan fingerprint density at radius 1 is 1.35 bits per heavy atom. The average Bonchev–Trinajstić information content (AvgIpc) is 2.86. The number of benzene rings is 1. The Hall–Kier alpha value is -1.59. The molecule has 1 aromatic carbocycles. The highest BCUT2D eigenvalue weighted by Gasteiger charge is 2.27. The minimum absolute atomic E-state index is 0.105. The van der Waals surface area contributed by atoms with Crippen LogP contribution in [0.25, 0.3) is 0 Å². The molecule has 0 aliphatic carbocycles. The molecule has 0 bridgehead atoms. The molecule has 0 spiro atoms. The van der Waals surface area contributed by atoms with Gasteiger partial charge in [-0.15, -0.1) is 0 Å². The molecule has 2 aromatic rings. The highest BCUT2D eigenvalue weighted by atomic mass is 35.5. The van der Waals surface area contributed by atoms with E-state index >= 15 is 0 Å². The van der Waals surface area contributed by atoms with Crippen molar-refractivity contribution >= 4 is 11.6 Å². The third-order valence-corrected chi connectivity index (χ3v) is 3.92. The Morgan fingerprint density at radius 3 is 2.90 bits per heavy atom. The van der Waals surface area contributed by atoms with Crippen LogP contribution in [0.15, 0.2) is 33.6 Å². The van der Waals surface area contributed by atoms with Gasteiger partial charge in [0.1, 0.15) is 11.6 Å². The Morgan fingerprint density at radius 2 is 2.20 bits per heavy atom. The maximum atomic E-state index is 14.0. The highest BCUT2D eigenvalue weighted by molar-refractivity contribution is 6.30. The topological polar surface area (TPSA) is 58.0 Å². The molecule has 0 unspecified atom stereocenters. The first kappa shape index (κ1) is 13.4. The fourth-order valence-electron chi connectivity index (χ4n) is 2.70. The van der Waals surface area contributed by atoms with Crippen LogP contribution in [0.1, 0.15) is 36.1 Å². The Kier molecular flexibility index (Phi) is 3.63. The summed E-state index contributed by atoms with van der Waals surface area (Å²) in [5.74, 6) is 0.428. The molecule has 1 aromatic heterocycles. The first-order chi connectivity index (χ1) is 9.63. The second-order valence-electron chi connectivity index (χ2n) is 5.01. The van der Waals surface area contributed by atoms with Crippen molar-refractivity contribution in [2.24, 2.45) is 0 Å². The van der Waals surface area contributed by atoms with Gasteiger partial charge >= 0.3 is 0 Å². The zero-order valence-corrected chi connectivity index (χ0v) is 11.4. The lowest BCUT2D eigenvalue weighted by atomic mass is 9.87. The van der Waals surface area contributed by atoms with E-state index in [-0.39, 0.29) is 23.3 Å². The van der Waals surface area contributed by atoms with Crippen LogP contribution < -0.4 is 10.9 Å². The highest BCUT2D eigenvalue weighted by Crippen LogP contribution is 2.34. The SMILES string of the molecule is O=c1cc([C@H]2CCN[C@H](c3ccc(Cl)cc3F)C2)o[nH]1. The number of H-pyrrole nitrogens is 1. The second kappa shape index (κ2) is 5.42. The maximum Gasteiger partial charge on any atom is 0.280 e. The van der Waals surface area contributed by atoms with Gasteiger partial charge in [0.2, 0.25) is 0 Å². The van der Waals surface area contributed by atoms with Crippen LogP contribution in [0.4, 0.5) is 4.39 Å². The van der Waals surface area contributed by atoms with Crippen LogP contribution in [0.2, 0.25) is 5.02 Å². The van der Waals surface area contributed by atoms with Crippen molar-refractivity contribution in [2.45, 2.75) is 24.8 Å². The molecule has 2 atom stereocenters. The number of aromatic nitrogens is 1. The normalized spacial score (nSPS) is 22.9. The Labute approximate surface area is 119 Å². The number of piperidine rings is 1. The molecule has 1 saturated heterocycles. The summed E-state index contributed by atoms with van der Waals surface area (Å²) in [6.07, 6.45) is 1.53. The molecule has 4 nitrogen and oxygen atoms in total. The standard InChI is InChI=1S/C14H14ClFN2O2/c15-9-1-2-10(11(16)6-9)12-5-8(3-4-17-12)13-7-14(19)18-20-13/h1-2,6-8,12,17H,3-5H2,(H,18,19)/t8-,12-/m0/s1. The zero-order chi connectivity index (χ0) is 14.1. The summed E-state index contributed by atoms with van der Waals surface area (Å²) in [5.41, 5.74) is 0.352. The van der Waals surface area contributed by atoms with Crippen molar-refractivity contribution in [2.75, 3.05) is 6.54 Å². The van der Waals surface area contributed by atoms with Crippen LogP contribution in [-0.4, -0.2) is 11.7 Å². The molecule has 0 saturated carbocycles. The van der Waals surface area contributed by atoms with Crippen LogP contribution in [-0.2, 0) is 0 Å². The number of rotatable bonds is 2. The molecule has 0 amide bonds. The fourth-order valence-corrected chi connectivity index (χ4v) is 2.85. The lowest BCUT2D eigenvalue weighted by molar-refractivity contribution is 0.292. The number of hydrogen-bond donors (Lipinski definition) is 2. The predicted octanol–water partition coefficient (Wildman–Crippen LogP) is 2.97. The lowest BCUT2D eigenvalue weighted by Crippen LogP contribution is -2.31. The summed E-state index contributed by atoms with van der Waals surface area (Å²) >= 11 is 5.77. The van der Waals surface area contributed by atoms with Gasteiger partial charge in [-0.1, -0.05) is 17.7 Å². The van der Waals surface area contributed by atoms with Gasteiger partial charge in [-0.2, -0.15) is 5.16 Å². The van der Waals surface area contributed by atoms with Gasteiger partial charge in [0, 0.05) is 28.6 Å². The maximum absolute atomic E-state index is 14.0. The van der Waals surface area contributed by atoms with Gasteiger partial charge in [0.25, 0.3) is 5.56 Å². The lowest BCUT2D eigenvalue weighted by Gasteiger charge is -2.29. The van der Waals surface area contributed by atoms with Gasteiger partial charge in [0.05, 0.1) is 0 Å². The van der Waals surface area contributed by atoms with Gasteiger partial charge < -0.3 is 9.84 Å². The Balaban J connectivity index is 1.83. The quantitative estimate of drug-likeness (QED) is 0.896. The van der Waals surface area contributed by atoms with Crippen LogP contribution in [0, 0.1) is 5.82 Å². The summed E-state index contributed by atoms with van der Waals surface area (Å²) in [6.45, 7) is 0.742. The summed E-state index contributed by atoms with van der Waals surface area (Å²) < 4.78 is 19.1. The van der Waals surface area contributed by atoms with Crippen molar-refractivity contribution in [3.63, 3.8) is 0 Å². The second-order valence-corrected chi connectivity index (χ2v) is 5.45. The number of halogens is 2. The van der Waals surface area contributed by atoms with Crippen LogP contribution >= 0.6 is 11.6 Å². The van der Waals surface area contributed by atoms with E-state index in [2.05, 4.69) is 10.5 Å². The molecular weight excluding hydrogens is 283 g/mol. The van der Waals surface area contributed by atoms with Gasteiger partial charge in [-0.3, -0.25) is 4.79 Å². The Bertz CT molecular complexity index is 667. The van der Waals surface area contributed by atoms with Gasteiger partial charge in [-0.05, 0) is 31.5 Å². The van der Waals surface area contributed by atoms with Crippen molar-refractivity contribution in [3.05, 3.63) is 56.8 Å². The fraction of sp³-hybridized carbons (Fsp3) is 0.357. The molecule has 2 N–H and O–H groups in total. The molecule has 20 heavy (non-hydrogen) atoms. The van der Waals surface area contributed by atoms with E-state index < -0.39 is 0 Å². The molecule has 6 heteroatoms. The van der Waals surface area contributed by atoms with Crippen LogP contribution in [0.3, 0.4) is 0 Å². The molecule has 106 valence electrons. The molecule has 1 aliphatic heterocycles. The zero-order valence-electron chi connectivity index (χ0n) is 10.7. The van der Waals surface area contributed by atoms with E-state index in [1.54, 1.807) is 12.1 Å². The van der Waals surface area contributed by atoms with E-state index in [0.29, 0.717) is 22.8 Å². The average molecular weight is 297 g/mol. The minimum atomic E-state index is -0.314. The van der Waals surface area contributed by atoms with E-state index in [9.17, 15) is 9.18 Å².